The molecule has 0 aromatic carbocycles. The summed E-state index contributed by atoms with van der Waals surface area (Å²) in [5.41, 5.74) is 6.14. The maximum atomic E-state index is 11.5. The predicted molar refractivity (Wildman–Crippen MR) is 57.6 cm³/mol. The van der Waals surface area contributed by atoms with Gasteiger partial charge >= 0.3 is 0 Å². The van der Waals surface area contributed by atoms with Gasteiger partial charge in [0.25, 0.3) is 5.91 Å². The van der Waals surface area contributed by atoms with E-state index in [0.717, 1.165) is 6.42 Å². The molecule has 0 aliphatic carbocycles. The van der Waals surface area contributed by atoms with E-state index < -0.39 is 0 Å². The van der Waals surface area contributed by atoms with E-state index in [1.165, 1.54) is 11.3 Å². The van der Waals surface area contributed by atoms with Crippen LogP contribution in [0.4, 0.5) is 5.69 Å². The maximum Gasteiger partial charge on any atom is 0.263 e. The Balaban J connectivity index is 2.32. The average molecular weight is 214 g/mol. The van der Waals surface area contributed by atoms with Crippen LogP contribution in [0.5, 0.6) is 0 Å². The molecule has 0 aliphatic heterocycles. The van der Waals surface area contributed by atoms with Gasteiger partial charge in [-0.2, -0.15) is 0 Å². The maximum absolute atomic E-state index is 11.5. The Kier molecular flexibility index (Phi) is 4.42. The van der Waals surface area contributed by atoms with Gasteiger partial charge in [-0.25, -0.2) is 0 Å². The molecular weight excluding hydrogens is 200 g/mol. The highest BCUT2D eigenvalue weighted by Crippen LogP contribution is 2.17. The molecule has 0 bridgehead atoms. The van der Waals surface area contributed by atoms with Crippen LogP contribution in [0.3, 0.4) is 0 Å². The molecule has 1 amide bonds. The van der Waals surface area contributed by atoms with Crippen molar-refractivity contribution in [2.75, 3.05) is 26.0 Å². The summed E-state index contributed by atoms with van der Waals surface area (Å²) in [6.45, 7) is 1.27. The Labute approximate surface area is 87.1 Å². The molecule has 5 heteroatoms. The molecule has 3 N–H and O–H groups in total. The third kappa shape index (κ3) is 3.01. The molecule has 1 heterocycles. The van der Waals surface area contributed by atoms with Crippen LogP contribution in [-0.2, 0) is 4.74 Å². The lowest BCUT2D eigenvalue weighted by Crippen LogP contribution is -2.24. The van der Waals surface area contributed by atoms with E-state index in [2.05, 4.69) is 5.32 Å². The van der Waals surface area contributed by atoms with E-state index in [9.17, 15) is 4.79 Å². The van der Waals surface area contributed by atoms with Gasteiger partial charge in [0, 0.05) is 20.3 Å². The lowest BCUT2D eigenvalue weighted by atomic mass is 10.3. The molecule has 0 saturated heterocycles. The van der Waals surface area contributed by atoms with Gasteiger partial charge in [-0.05, 0) is 17.9 Å². The van der Waals surface area contributed by atoms with Crippen molar-refractivity contribution in [1.82, 2.24) is 5.32 Å². The molecular formula is C9H14N2O2S. The zero-order valence-corrected chi connectivity index (χ0v) is 8.89. The number of methoxy groups -OCH3 is 1. The SMILES string of the molecule is COCCCNC(=O)c1sccc1N. The van der Waals surface area contributed by atoms with Gasteiger partial charge in [0.15, 0.2) is 0 Å². The minimum atomic E-state index is -0.103. The number of thiophene rings is 1. The third-order valence-electron chi connectivity index (χ3n) is 1.71. The summed E-state index contributed by atoms with van der Waals surface area (Å²) in [6, 6.07) is 1.73. The van der Waals surface area contributed by atoms with Crippen molar-refractivity contribution in [3.8, 4) is 0 Å². The van der Waals surface area contributed by atoms with Crippen molar-refractivity contribution in [1.29, 1.82) is 0 Å². The molecule has 14 heavy (non-hydrogen) atoms. The normalized spacial score (nSPS) is 10.1. The van der Waals surface area contributed by atoms with Crippen molar-refractivity contribution < 1.29 is 9.53 Å². The second kappa shape index (κ2) is 5.62. The summed E-state index contributed by atoms with van der Waals surface area (Å²) in [5.74, 6) is -0.103. The van der Waals surface area contributed by atoms with Gasteiger partial charge in [0.05, 0.1) is 5.69 Å². The molecule has 0 atom stereocenters. The largest absolute Gasteiger partial charge is 0.397 e. The molecule has 0 aliphatic rings. The molecule has 0 unspecified atom stereocenters. The van der Waals surface area contributed by atoms with Gasteiger partial charge in [-0.3, -0.25) is 4.79 Å². The van der Waals surface area contributed by atoms with E-state index in [1.807, 2.05) is 0 Å². The lowest BCUT2D eigenvalue weighted by molar-refractivity contribution is 0.0953. The molecule has 0 saturated carbocycles. The number of nitrogens with two attached hydrogens (primary N) is 1. The molecule has 0 spiro atoms. The first-order valence-corrected chi connectivity index (χ1v) is 5.23. The third-order valence-corrected chi connectivity index (χ3v) is 2.64. The van der Waals surface area contributed by atoms with Crippen LogP contribution in [-0.4, -0.2) is 26.2 Å². The molecule has 78 valence electrons. The molecule has 1 aromatic rings. The van der Waals surface area contributed by atoms with Gasteiger partial charge in [-0.1, -0.05) is 0 Å². The summed E-state index contributed by atoms with van der Waals surface area (Å²) in [5, 5.41) is 4.58. The number of anilines is 1. The fraction of sp³-hybridized carbons (Fsp3) is 0.444. The van der Waals surface area contributed by atoms with Crippen molar-refractivity contribution in [2.45, 2.75) is 6.42 Å². The van der Waals surface area contributed by atoms with Gasteiger partial charge in [0.1, 0.15) is 4.88 Å². The number of carbonyl (C=O) groups excluding carboxylic acids is 1. The van der Waals surface area contributed by atoms with E-state index in [-0.39, 0.29) is 5.91 Å². The van der Waals surface area contributed by atoms with Gasteiger partial charge in [0.2, 0.25) is 0 Å². The Morgan fingerprint density at radius 3 is 3.07 bits per heavy atom. The number of hydrogen-bond donors (Lipinski definition) is 2. The zero-order valence-electron chi connectivity index (χ0n) is 8.08. The zero-order chi connectivity index (χ0) is 10.4. The van der Waals surface area contributed by atoms with Crippen molar-refractivity contribution in [2.24, 2.45) is 0 Å². The van der Waals surface area contributed by atoms with Crippen molar-refractivity contribution in [3.63, 3.8) is 0 Å². The fourth-order valence-electron chi connectivity index (χ4n) is 1.00. The standard InChI is InChI=1S/C9H14N2O2S/c1-13-5-2-4-11-9(12)8-7(10)3-6-14-8/h3,6H,2,4-5,10H2,1H3,(H,11,12). The number of nitrogen functional groups attached to an aromatic ring is 1. The van der Waals surface area contributed by atoms with Crippen LogP contribution < -0.4 is 11.1 Å². The van der Waals surface area contributed by atoms with Crippen LogP contribution in [0.2, 0.25) is 0 Å². The van der Waals surface area contributed by atoms with Crippen molar-refractivity contribution in [3.05, 3.63) is 16.3 Å². The number of ether oxygens (including phenoxy) is 1. The smallest absolute Gasteiger partial charge is 0.263 e. The van der Waals surface area contributed by atoms with Crippen LogP contribution in [0.25, 0.3) is 0 Å². The monoisotopic (exact) mass is 214 g/mol. The molecule has 0 radical (unpaired) electrons. The minimum absolute atomic E-state index is 0.103. The second-order valence-corrected chi connectivity index (χ2v) is 3.72. The van der Waals surface area contributed by atoms with Crippen LogP contribution in [0.15, 0.2) is 11.4 Å². The lowest BCUT2D eigenvalue weighted by Gasteiger charge is -2.03. The molecule has 1 rings (SSSR count). The van der Waals surface area contributed by atoms with E-state index in [0.29, 0.717) is 23.7 Å². The van der Waals surface area contributed by atoms with E-state index >= 15 is 0 Å². The second-order valence-electron chi connectivity index (χ2n) is 2.81. The summed E-state index contributed by atoms with van der Waals surface area (Å²) >= 11 is 1.35. The van der Waals surface area contributed by atoms with Crippen LogP contribution in [0, 0.1) is 0 Å². The molecule has 4 nitrogen and oxygen atoms in total. The molecule has 1 aromatic heterocycles. The Morgan fingerprint density at radius 2 is 2.50 bits per heavy atom. The van der Waals surface area contributed by atoms with Crippen molar-refractivity contribution >= 4 is 22.9 Å². The summed E-state index contributed by atoms with van der Waals surface area (Å²) < 4.78 is 4.86. The highest BCUT2D eigenvalue weighted by Gasteiger charge is 2.09. The number of nitrogens with one attached hydrogen (secondary N) is 1. The van der Waals surface area contributed by atoms with Crippen LogP contribution in [0.1, 0.15) is 16.1 Å². The topological polar surface area (TPSA) is 64.3 Å². The highest BCUT2D eigenvalue weighted by molar-refractivity contribution is 7.12. The number of carbonyl (C=O) groups is 1. The number of hydrogen-bond acceptors (Lipinski definition) is 4. The summed E-state index contributed by atoms with van der Waals surface area (Å²) in [4.78, 5) is 12.1. The summed E-state index contributed by atoms with van der Waals surface area (Å²) in [6.07, 6.45) is 0.813. The number of amides is 1. The van der Waals surface area contributed by atoms with Crippen LogP contribution >= 0.6 is 11.3 Å². The van der Waals surface area contributed by atoms with Gasteiger partial charge < -0.3 is 15.8 Å². The van der Waals surface area contributed by atoms with E-state index in [4.69, 9.17) is 10.5 Å². The Bertz CT molecular complexity index is 299. The quantitative estimate of drug-likeness (QED) is 0.721. The summed E-state index contributed by atoms with van der Waals surface area (Å²) in [7, 11) is 1.64. The Morgan fingerprint density at radius 1 is 1.71 bits per heavy atom. The minimum Gasteiger partial charge on any atom is -0.397 e. The predicted octanol–water partition coefficient (Wildman–Crippen LogP) is 1.10. The number of rotatable bonds is 5. The van der Waals surface area contributed by atoms with Gasteiger partial charge in [-0.15, -0.1) is 11.3 Å². The average Bonchev–Trinajstić information content (AvgIpc) is 2.59. The molecule has 0 fully saturated rings. The Hall–Kier alpha value is -1.07. The highest BCUT2D eigenvalue weighted by atomic mass is 32.1. The first-order valence-electron chi connectivity index (χ1n) is 4.36. The first kappa shape index (κ1) is 11.0. The fourth-order valence-corrected chi connectivity index (χ4v) is 1.74. The van der Waals surface area contributed by atoms with E-state index in [1.54, 1.807) is 18.6 Å². The first-order chi connectivity index (χ1) is 6.75.